The molecule has 7 heteroatoms. The highest BCUT2D eigenvalue weighted by molar-refractivity contribution is 5.92. The van der Waals surface area contributed by atoms with Crippen molar-refractivity contribution < 1.29 is 14.3 Å². The molecule has 0 aliphatic heterocycles. The number of rotatable bonds is 6. The third-order valence-electron chi connectivity index (χ3n) is 2.95. The van der Waals surface area contributed by atoms with Crippen LogP contribution in [0.5, 0.6) is 0 Å². The van der Waals surface area contributed by atoms with Crippen molar-refractivity contribution in [3.8, 4) is 0 Å². The van der Waals surface area contributed by atoms with Gasteiger partial charge in [-0.2, -0.15) is 0 Å². The number of carbonyl (C=O) groups is 2. The zero-order valence-electron chi connectivity index (χ0n) is 11.2. The summed E-state index contributed by atoms with van der Waals surface area (Å²) in [4.78, 5) is 29.1. The van der Waals surface area contributed by atoms with Gasteiger partial charge in [-0.15, -0.1) is 5.10 Å². The summed E-state index contributed by atoms with van der Waals surface area (Å²) in [6.07, 6.45) is 2.17. The van der Waals surface area contributed by atoms with E-state index in [1.165, 1.54) is 4.90 Å². The Morgan fingerprint density at radius 3 is 2.74 bits per heavy atom. The maximum Gasteiger partial charge on any atom is 0.325 e. The summed E-state index contributed by atoms with van der Waals surface area (Å²) in [7, 11) is 0. The van der Waals surface area contributed by atoms with E-state index < -0.39 is 5.97 Å². The minimum atomic E-state index is -0.421. The molecule has 1 aliphatic carbocycles. The minimum absolute atomic E-state index is 0.0729. The van der Waals surface area contributed by atoms with Crippen LogP contribution in [0.1, 0.15) is 49.1 Å². The van der Waals surface area contributed by atoms with E-state index in [-0.39, 0.29) is 18.3 Å². The number of hydrogen-bond acceptors (Lipinski definition) is 5. The highest BCUT2D eigenvalue weighted by atomic mass is 16.5. The first-order valence-corrected chi connectivity index (χ1v) is 6.52. The minimum Gasteiger partial charge on any atom is -0.465 e. The summed E-state index contributed by atoms with van der Waals surface area (Å²) in [5.74, 6) is 0.520. The Balaban J connectivity index is 2.00. The average molecular weight is 266 g/mol. The van der Waals surface area contributed by atoms with Crippen LogP contribution in [-0.4, -0.2) is 51.7 Å². The summed E-state index contributed by atoms with van der Waals surface area (Å²) < 4.78 is 4.83. The molecule has 1 heterocycles. The highest BCUT2D eigenvalue weighted by Gasteiger charge is 2.29. The fourth-order valence-corrected chi connectivity index (χ4v) is 1.74. The number of carbonyl (C=O) groups excluding carboxylic acids is 2. The van der Waals surface area contributed by atoms with E-state index in [0.717, 1.165) is 18.7 Å². The van der Waals surface area contributed by atoms with Crippen molar-refractivity contribution in [2.45, 2.75) is 32.6 Å². The van der Waals surface area contributed by atoms with Crippen molar-refractivity contribution >= 4 is 11.9 Å². The van der Waals surface area contributed by atoms with Crippen molar-refractivity contribution in [2.24, 2.45) is 0 Å². The van der Waals surface area contributed by atoms with Crippen LogP contribution in [0.2, 0.25) is 0 Å². The Bertz CT molecular complexity index is 467. The zero-order valence-corrected chi connectivity index (χ0v) is 11.2. The van der Waals surface area contributed by atoms with Crippen LogP contribution in [-0.2, 0) is 9.53 Å². The van der Waals surface area contributed by atoms with Crippen LogP contribution in [0, 0.1) is 0 Å². The van der Waals surface area contributed by atoms with E-state index in [2.05, 4.69) is 15.2 Å². The molecule has 1 amide bonds. The second-order valence-electron chi connectivity index (χ2n) is 4.44. The maximum atomic E-state index is 12.1. The second-order valence-corrected chi connectivity index (χ2v) is 4.44. The van der Waals surface area contributed by atoms with Gasteiger partial charge < -0.3 is 9.64 Å². The van der Waals surface area contributed by atoms with Gasteiger partial charge in [-0.05, 0) is 26.7 Å². The van der Waals surface area contributed by atoms with E-state index in [1.807, 2.05) is 0 Å². The number of nitrogens with one attached hydrogen (secondary N) is 1. The number of hydrogen-bond donors (Lipinski definition) is 1. The molecule has 0 aromatic carbocycles. The second kappa shape index (κ2) is 5.81. The number of aromatic amines is 1. The maximum absolute atomic E-state index is 12.1. The van der Waals surface area contributed by atoms with Crippen LogP contribution in [0.25, 0.3) is 0 Å². The molecule has 1 saturated carbocycles. The first-order valence-electron chi connectivity index (χ1n) is 6.52. The Morgan fingerprint density at radius 1 is 1.42 bits per heavy atom. The zero-order chi connectivity index (χ0) is 13.8. The molecule has 0 spiro atoms. The first kappa shape index (κ1) is 13.5. The van der Waals surface area contributed by atoms with Gasteiger partial charge in [-0.3, -0.25) is 14.7 Å². The van der Waals surface area contributed by atoms with Crippen LogP contribution in [0.3, 0.4) is 0 Å². The number of ether oxygens (including phenoxy) is 1. The molecule has 1 fully saturated rings. The van der Waals surface area contributed by atoms with E-state index >= 15 is 0 Å². The fourth-order valence-electron chi connectivity index (χ4n) is 1.74. The van der Waals surface area contributed by atoms with Crippen molar-refractivity contribution in [3.63, 3.8) is 0 Å². The standard InChI is InChI=1S/C12H18N4O3/c1-3-16(7-9(17)19-4-2)12(18)11-13-10(14-15-11)8-5-6-8/h8H,3-7H2,1-2H3,(H,13,14,15). The van der Waals surface area contributed by atoms with E-state index in [9.17, 15) is 9.59 Å². The van der Waals surface area contributed by atoms with Crippen LogP contribution in [0.4, 0.5) is 0 Å². The van der Waals surface area contributed by atoms with Crippen molar-refractivity contribution in [1.82, 2.24) is 20.1 Å². The molecule has 1 aliphatic rings. The van der Waals surface area contributed by atoms with Gasteiger partial charge in [0.15, 0.2) is 0 Å². The number of H-pyrrole nitrogens is 1. The van der Waals surface area contributed by atoms with Crippen LogP contribution < -0.4 is 0 Å². The largest absolute Gasteiger partial charge is 0.465 e. The van der Waals surface area contributed by atoms with Gasteiger partial charge in [0.25, 0.3) is 5.91 Å². The molecule has 0 unspecified atom stereocenters. The smallest absolute Gasteiger partial charge is 0.325 e. The Hall–Kier alpha value is -1.92. The number of aromatic nitrogens is 3. The summed E-state index contributed by atoms with van der Waals surface area (Å²) in [5.41, 5.74) is 0. The number of nitrogens with zero attached hydrogens (tertiary/aromatic N) is 3. The van der Waals surface area contributed by atoms with Gasteiger partial charge in [0, 0.05) is 12.5 Å². The third kappa shape index (κ3) is 3.30. The molecule has 1 aromatic rings. The van der Waals surface area contributed by atoms with Gasteiger partial charge in [-0.1, -0.05) is 0 Å². The van der Waals surface area contributed by atoms with Crippen molar-refractivity contribution in [3.05, 3.63) is 11.6 Å². The SMILES string of the molecule is CCOC(=O)CN(CC)C(=O)c1n[nH]c(C2CC2)n1. The fraction of sp³-hybridized carbons (Fsp3) is 0.667. The number of likely N-dealkylation sites (N-methyl/N-ethyl adjacent to an activating group) is 1. The number of amides is 1. The summed E-state index contributed by atoms with van der Waals surface area (Å²) in [5, 5.41) is 6.70. The highest BCUT2D eigenvalue weighted by Crippen LogP contribution is 2.37. The Kier molecular flexibility index (Phi) is 4.13. The molecule has 0 radical (unpaired) electrons. The third-order valence-corrected chi connectivity index (χ3v) is 2.95. The Morgan fingerprint density at radius 2 is 2.16 bits per heavy atom. The van der Waals surface area contributed by atoms with E-state index in [0.29, 0.717) is 19.1 Å². The normalized spacial score (nSPS) is 14.2. The predicted molar refractivity (Wildman–Crippen MR) is 66.6 cm³/mol. The molecule has 0 atom stereocenters. The lowest BCUT2D eigenvalue weighted by atomic mass is 10.4. The molecular formula is C12H18N4O3. The molecule has 104 valence electrons. The molecule has 7 nitrogen and oxygen atoms in total. The van der Waals surface area contributed by atoms with Gasteiger partial charge in [0.05, 0.1) is 6.61 Å². The molecule has 0 bridgehead atoms. The predicted octanol–water partition coefficient (Wildman–Crippen LogP) is 0.707. The molecular weight excluding hydrogens is 248 g/mol. The van der Waals surface area contributed by atoms with Gasteiger partial charge in [0.2, 0.25) is 5.82 Å². The molecule has 2 rings (SSSR count). The molecule has 1 aromatic heterocycles. The lowest BCUT2D eigenvalue weighted by Gasteiger charge is -2.17. The number of esters is 1. The lowest BCUT2D eigenvalue weighted by Crippen LogP contribution is -2.36. The molecule has 0 saturated heterocycles. The Labute approximate surface area is 111 Å². The summed E-state index contributed by atoms with van der Waals surface area (Å²) in [6, 6.07) is 0. The molecule has 19 heavy (non-hydrogen) atoms. The van der Waals surface area contributed by atoms with Gasteiger partial charge in [-0.25, -0.2) is 4.98 Å². The average Bonchev–Trinajstić information content (AvgIpc) is 3.13. The van der Waals surface area contributed by atoms with Crippen molar-refractivity contribution in [1.29, 1.82) is 0 Å². The summed E-state index contributed by atoms with van der Waals surface area (Å²) in [6.45, 7) is 4.16. The van der Waals surface area contributed by atoms with Crippen LogP contribution >= 0.6 is 0 Å². The van der Waals surface area contributed by atoms with Crippen molar-refractivity contribution in [2.75, 3.05) is 19.7 Å². The van der Waals surface area contributed by atoms with Crippen LogP contribution in [0.15, 0.2) is 0 Å². The quantitative estimate of drug-likeness (QED) is 0.766. The van der Waals surface area contributed by atoms with E-state index in [1.54, 1.807) is 13.8 Å². The van der Waals surface area contributed by atoms with Gasteiger partial charge in [0.1, 0.15) is 12.4 Å². The van der Waals surface area contributed by atoms with E-state index in [4.69, 9.17) is 4.74 Å². The van der Waals surface area contributed by atoms with Gasteiger partial charge >= 0.3 is 5.97 Å². The molecule has 1 N–H and O–H groups in total. The lowest BCUT2D eigenvalue weighted by molar-refractivity contribution is -0.143. The topological polar surface area (TPSA) is 88.2 Å². The summed E-state index contributed by atoms with van der Waals surface area (Å²) >= 11 is 0. The first-order chi connectivity index (χ1) is 9.15. The monoisotopic (exact) mass is 266 g/mol.